The Balaban J connectivity index is 0.00000204. The fraction of sp³-hybridized carbons (Fsp3) is 0.240. The highest BCUT2D eigenvalue weighted by Crippen LogP contribution is 2.34. The van der Waals surface area contributed by atoms with Gasteiger partial charge in [-0.1, -0.05) is 30.3 Å². The number of H-pyrrole nitrogens is 1. The molecule has 0 aliphatic carbocycles. The zero-order valence-corrected chi connectivity index (χ0v) is 20.0. The van der Waals surface area contributed by atoms with E-state index in [0.717, 1.165) is 11.1 Å². The molecule has 0 aliphatic rings. The SMILES string of the molecule is CCOc1cc(C(CSC)n2c(=O)[nH]c3cc(-c4ccccc4F)ccc32)ccc1OC.O.O.[HH]. The number of hydrogen-bond acceptors (Lipinski definition) is 4. The van der Waals surface area contributed by atoms with Gasteiger partial charge >= 0.3 is 5.69 Å². The summed E-state index contributed by atoms with van der Waals surface area (Å²) in [6, 6.07) is 17.7. The van der Waals surface area contributed by atoms with Crippen LogP contribution < -0.4 is 15.2 Å². The molecule has 4 rings (SSSR count). The third kappa shape index (κ3) is 5.11. The number of benzene rings is 3. The van der Waals surface area contributed by atoms with Crippen molar-refractivity contribution < 1.29 is 26.2 Å². The minimum absolute atomic E-state index is 0. The van der Waals surface area contributed by atoms with E-state index in [1.54, 1.807) is 41.6 Å². The summed E-state index contributed by atoms with van der Waals surface area (Å²) in [5, 5.41) is 0. The highest BCUT2D eigenvalue weighted by molar-refractivity contribution is 7.98. The zero-order chi connectivity index (χ0) is 22.7. The Morgan fingerprint density at radius 1 is 1.09 bits per heavy atom. The molecule has 1 atom stereocenters. The second-order valence-corrected chi connectivity index (χ2v) is 8.24. The summed E-state index contributed by atoms with van der Waals surface area (Å²) in [6.45, 7) is 2.43. The standard InChI is InChI=1S/C25H25FN2O3S.2H2O.H2/c1-4-31-24-14-17(10-12-23(24)30-2)22(15-32-3)28-21-11-9-16(13-20(21)27-25(28)29)18-7-5-6-8-19(18)26;;;/h5-14,22H,4,15H2,1-3H3,(H,27,29);2*1H2;1H. The maximum absolute atomic E-state index is 14.3. The molecular formula is C25H31FN2O5S. The maximum Gasteiger partial charge on any atom is 0.327 e. The minimum atomic E-state index is -0.296. The second kappa shape index (κ2) is 11.7. The van der Waals surface area contributed by atoms with Crippen molar-refractivity contribution in [2.45, 2.75) is 13.0 Å². The highest BCUT2D eigenvalue weighted by Gasteiger charge is 2.21. The molecule has 0 spiro atoms. The molecule has 1 aromatic heterocycles. The number of fused-ring (bicyclic) bond motifs is 1. The van der Waals surface area contributed by atoms with Crippen LogP contribution >= 0.6 is 11.8 Å². The summed E-state index contributed by atoms with van der Waals surface area (Å²) in [5.41, 5.74) is 3.39. The average Bonchev–Trinajstić information content (AvgIpc) is 3.12. The van der Waals surface area contributed by atoms with E-state index >= 15 is 0 Å². The number of ether oxygens (including phenoxy) is 2. The molecule has 0 fully saturated rings. The number of imidazole rings is 1. The monoisotopic (exact) mass is 490 g/mol. The molecular weight excluding hydrogens is 459 g/mol. The molecule has 0 saturated carbocycles. The van der Waals surface area contributed by atoms with Crippen LogP contribution in [0.3, 0.4) is 0 Å². The van der Waals surface area contributed by atoms with Crippen molar-refractivity contribution in [1.29, 1.82) is 0 Å². The fourth-order valence-corrected chi connectivity index (χ4v) is 4.61. The predicted octanol–water partition coefficient (Wildman–Crippen LogP) is 4.09. The van der Waals surface area contributed by atoms with Gasteiger partial charge in [0, 0.05) is 12.7 Å². The summed E-state index contributed by atoms with van der Waals surface area (Å²) >= 11 is 1.66. The van der Waals surface area contributed by atoms with E-state index in [4.69, 9.17) is 9.47 Å². The molecule has 7 nitrogen and oxygen atoms in total. The quantitative estimate of drug-likeness (QED) is 0.400. The van der Waals surface area contributed by atoms with E-state index in [-0.39, 0.29) is 29.9 Å². The molecule has 3 aromatic carbocycles. The largest absolute Gasteiger partial charge is 0.493 e. The smallest absolute Gasteiger partial charge is 0.327 e. The maximum atomic E-state index is 14.3. The van der Waals surface area contributed by atoms with Crippen molar-refractivity contribution in [2.24, 2.45) is 0 Å². The first kappa shape index (κ1) is 27.0. The summed E-state index contributed by atoms with van der Waals surface area (Å²) in [6.07, 6.45) is 2.01. The number of rotatable bonds is 8. The lowest BCUT2D eigenvalue weighted by Gasteiger charge is -2.20. The molecule has 0 amide bonds. The van der Waals surface area contributed by atoms with Crippen LogP contribution in [0.4, 0.5) is 4.39 Å². The van der Waals surface area contributed by atoms with Crippen molar-refractivity contribution in [3.63, 3.8) is 0 Å². The van der Waals surface area contributed by atoms with Gasteiger partial charge in [0.1, 0.15) is 5.82 Å². The number of halogens is 1. The molecule has 0 aliphatic heterocycles. The number of thioether (sulfide) groups is 1. The lowest BCUT2D eigenvalue weighted by Crippen LogP contribution is -2.24. The Bertz CT molecular complexity index is 1310. The van der Waals surface area contributed by atoms with Crippen LogP contribution in [-0.4, -0.2) is 46.2 Å². The van der Waals surface area contributed by atoms with Gasteiger partial charge in [-0.2, -0.15) is 11.8 Å². The normalized spacial score (nSPS) is 11.4. The van der Waals surface area contributed by atoms with Crippen LogP contribution in [0.25, 0.3) is 22.2 Å². The van der Waals surface area contributed by atoms with Crippen molar-refractivity contribution in [3.05, 3.63) is 82.5 Å². The number of nitrogens with zero attached hydrogens (tertiary/aromatic N) is 1. The van der Waals surface area contributed by atoms with Crippen molar-refractivity contribution >= 4 is 22.8 Å². The van der Waals surface area contributed by atoms with Gasteiger partial charge < -0.3 is 25.4 Å². The van der Waals surface area contributed by atoms with Gasteiger partial charge in [-0.3, -0.25) is 4.57 Å². The van der Waals surface area contributed by atoms with E-state index in [1.807, 2.05) is 49.6 Å². The van der Waals surface area contributed by atoms with Crippen LogP contribution in [0.2, 0.25) is 0 Å². The van der Waals surface area contributed by atoms with Gasteiger partial charge in [0.15, 0.2) is 11.5 Å². The van der Waals surface area contributed by atoms with Gasteiger partial charge in [-0.15, -0.1) is 0 Å². The van der Waals surface area contributed by atoms with E-state index in [2.05, 4.69) is 4.98 Å². The molecule has 184 valence electrons. The van der Waals surface area contributed by atoms with Crippen LogP contribution in [0.5, 0.6) is 11.5 Å². The van der Waals surface area contributed by atoms with Crippen molar-refractivity contribution in [3.8, 4) is 22.6 Å². The van der Waals surface area contributed by atoms with E-state index in [1.165, 1.54) is 6.07 Å². The Hall–Kier alpha value is -3.27. The van der Waals surface area contributed by atoms with E-state index in [9.17, 15) is 9.18 Å². The Labute approximate surface area is 202 Å². The topological polar surface area (TPSA) is 119 Å². The summed E-state index contributed by atoms with van der Waals surface area (Å²) in [5.74, 6) is 1.70. The molecule has 0 radical (unpaired) electrons. The summed E-state index contributed by atoms with van der Waals surface area (Å²) in [7, 11) is 1.61. The Morgan fingerprint density at radius 2 is 1.85 bits per heavy atom. The first-order valence-electron chi connectivity index (χ1n) is 10.4. The lowest BCUT2D eigenvalue weighted by atomic mass is 10.0. The number of nitrogens with one attached hydrogen (secondary N) is 1. The third-order valence-corrected chi connectivity index (χ3v) is 6.06. The molecule has 1 heterocycles. The molecule has 1 unspecified atom stereocenters. The second-order valence-electron chi connectivity index (χ2n) is 7.33. The summed E-state index contributed by atoms with van der Waals surface area (Å²) < 4.78 is 27.2. The average molecular weight is 491 g/mol. The number of aromatic amines is 1. The van der Waals surface area contributed by atoms with Gasteiger partial charge in [0.2, 0.25) is 0 Å². The predicted molar refractivity (Wildman–Crippen MR) is 138 cm³/mol. The zero-order valence-electron chi connectivity index (χ0n) is 19.2. The third-order valence-electron chi connectivity index (χ3n) is 5.41. The van der Waals surface area contributed by atoms with E-state index in [0.29, 0.717) is 40.5 Å². The highest BCUT2D eigenvalue weighted by atomic mass is 32.2. The van der Waals surface area contributed by atoms with Crippen LogP contribution in [-0.2, 0) is 0 Å². The molecule has 9 heteroatoms. The number of methoxy groups -OCH3 is 1. The minimum Gasteiger partial charge on any atom is -0.493 e. The fourth-order valence-electron chi connectivity index (χ4n) is 3.95. The first-order valence-corrected chi connectivity index (χ1v) is 11.8. The Morgan fingerprint density at radius 3 is 2.53 bits per heavy atom. The van der Waals surface area contributed by atoms with Crippen LogP contribution in [0, 0.1) is 5.82 Å². The van der Waals surface area contributed by atoms with Crippen molar-refractivity contribution in [1.82, 2.24) is 9.55 Å². The molecule has 4 aromatic rings. The number of aromatic nitrogens is 2. The summed E-state index contributed by atoms with van der Waals surface area (Å²) in [4.78, 5) is 16.0. The van der Waals surface area contributed by atoms with Gasteiger partial charge in [0.05, 0.1) is 30.8 Å². The van der Waals surface area contributed by atoms with Gasteiger partial charge in [0.25, 0.3) is 0 Å². The molecule has 5 N–H and O–H groups in total. The van der Waals surface area contributed by atoms with Gasteiger partial charge in [-0.25, -0.2) is 9.18 Å². The number of hydrogen-bond donors (Lipinski definition) is 1. The molecule has 0 bridgehead atoms. The molecule has 0 saturated heterocycles. The van der Waals surface area contributed by atoms with Crippen LogP contribution in [0.15, 0.2) is 65.5 Å². The Kier molecular flexibility index (Phi) is 9.31. The van der Waals surface area contributed by atoms with Crippen molar-refractivity contribution in [2.75, 3.05) is 25.7 Å². The lowest BCUT2D eigenvalue weighted by molar-refractivity contribution is 0.310. The molecule has 34 heavy (non-hydrogen) atoms. The van der Waals surface area contributed by atoms with Gasteiger partial charge in [-0.05, 0) is 54.6 Å². The first-order chi connectivity index (χ1) is 15.6. The van der Waals surface area contributed by atoms with Crippen LogP contribution in [0.1, 0.15) is 20.0 Å². The van der Waals surface area contributed by atoms with E-state index < -0.39 is 0 Å².